The molecule has 1 fully saturated rings. The summed E-state index contributed by atoms with van der Waals surface area (Å²) in [6.07, 6.45) is 4.77. The lowest BCUT2D eigenvalue weighted by atomic mass is 10.0. The number of methoxy groups -OCH3 is 1. The second-order valence-corrected chi connectivity index (χ2v) is 10.3. The highest BCUT2D eigenvalue weighted by molar-refractivity contribution is 5.98. The van der Waals surface area contributed by atoms with Crippen LogP contribution < -0.4 is 10.6 Å². The number of aryl methyl sites for hydroxylation is 1. The van der Waals surface area contributed by atoms with Gasteiger partial charge in [-0.05, 0) is 62.8 Å². The molecule has 1 aliphatic carbocycles. The van der Waals surface area contributed by atoms with Gasteiger partial charge in [0, 0.05) is 29.5 Å². The zero-order valence-electron chi connectivity index (χ0n) is 22.9. The summed E-state index contributed by atoms with van der Waals surface area (Å²) >= 11 is 0. The van der Waals surface area contributed by atoms with Gasteiger partial charge >= 0.3 is 0 Å². The van der Waals surface area contributed by atoms with E-state index in [1.807, 2.05) is 57.2 Å². The van der Waals surface area contributed by atoms with E-state index in [9.17, 15) is 14.4 Å². The molecule has 10 heteroatoms. The normalized spacial score (nSPS) is 18.7. The van der Waals surface area contributed by atoms with Crippen LogP contribution in [0, 0.1) is 11.8 Å². The lowest BCUT2D eigenvalue weighted by Gasteiger charge is -2.28. The lowest BCUT2D eigenvalue weighted by Crippen LogP contribution is -2.50. The molecule has 0 spiro atoms. The van der Waals surface area contributed by atoms with Crippen LogP contribution in [0.15, 0.2) is 42.5 Å². The first-order chi connectivity index (χ1) is 18.7. The number of carboxylic acid groups (broad SMARTS) is 1. The number of ether oxygens (including phenoxy) is 1. The van der Waals surface area contributed by atoms with Crippen LogP contribution in [0.3, 0.4) is 0 Å². The number of likely N-dealkylation sites (tertiary alicyclic amines) is 1. The second kappa shape index (κ2) is 13.6. The summed E-state index contributed by atoms with van der Waals surface area (Å²) in [4.78, 5) is 53.0. The van der Waals surface area contributed by atoms with E-state index in [1.54, 1.807) is 18.1 Å². The number of para-hydroxylation sites is 1. The summed E-state index contributed by atoms with van der Waals surface area (Å²) in [7, 11) is 1.62. The Morgan fingerprint density at radius 3 is 2.56 bits per heavy atom. The van der Waals surface area contributed by atoms with E-state index >= 15 is 0 Å². The topological polar surface area (TPSA) is 141 Å². The van der Waals surface area contributed by atoms with Crippen molar-refractivity contribution in [1.29, 1.82) is 0 Å². The van der Waals surface area contributed by atoms with Gasteiger partial charge in [0.25, 0.3) is 12.4 Å². The second-order valence-electron chi connectivity index (χ2n) is 10.3. The van der Waals surface area contributed by atoms with E-state index in [-0.39, 0.29) is 42.1 Å². The van der Waals surface area contributed by atoms with Crippen LogP contribution >= 0.6 is 0 Å². The summed E-state index contributed by atoms with van der Waals surface area (Å²) in [6.45, 7) is 6.10. The van der Waals surface area contributed by atoms with Crippen LogP contribution in [0.4, 0.5) is 5.69 Å². The number of allylic oxidation sites excluding steroid dienone is 1. The largest absolute Gasteiger partial charge is 0.496 e. The molecule has 2 heterocycles. The molecular formula is C29H38N4O6. The van der Waals surface area contributed by atoms with Crippen molar-refractivity contribution < 1.29 is 29.0 Å². The number of amides is 3. The summed E-state index contributed by atoms with van der Waals surface area (Å²) in [5.41, 5.74) is 3.01. The molecule has 1 aromatic carbocycles. The molecule has 3 unspecified atom stereocenters. The predicted octanol–water partition coefficient (Wildman–Crippen LogP) is 3.67. The fourth-order valence-corrected chi connectivity index (χ4v) is 5.11. The Balaban J connectivity index is 0.00000134. The first-order valence-corrected chi connectivity index (χ1v) is 13.2. The molecule has 3 amide bonds. The Hall–Kier alpha value is -4.08. The monoisotopic (exact) mass is 538 g/mol. The fraction of sp³-hybridized carbons (Fsp3) is 0.448. The van der Waals surface area contributed by atoms with Crippen molar-refractivity contribution in [1.82, 2.24) is 15.2 Å². The number of carbonyl (C=O) groups excluding carboxylic acids is 3. The fourth-order valence-electron chi connectivity index (χ4n) is 5.11. The van der Waals surface area contributed by atoms with Gasteiger partial charge in [0.05, 0.1) is 13.0 Å². The van der Waals surface area contributed by atoms with Crippen molar-refractivity contribution in [3.8, 4) is 0 Å². The van der Waals surface area contributed by atoms with E-state index in [0.29, 0.717) is 25.1 Å². The molecule has 1 aromatic heterocycles. The molecule has 4 N–H and O–H groups in total. The summed E-state index contributed by atoms with van der Waals surface area (Å²) in [5, 5.41) is 12.8. The quantitative estimate of drug-likeness (QED) is 0.378. The molecule has 3 atom stereocenters. The molecule has 1 aliphatic heterocycles. The maximum absolute atomic E-state index is 13.6. The van der Waals surface area contributed by atoms with Crippen molar-refractivity contribution in [2.75, 3.05) is 19.0 Å². The average molecular weight is 539 g/mol. The van der Waals surface area contributed by atoms with Crippen LogP contribution in [0.1, 0.15) is 61.8 Å². The zero-order valence-corrected chi connectivity index (χ0v) is 22.9. The van der Waals surface area contributed by atoms with Gasteiger partial charge in [-0.2, -0.15) is 0 Å². The Bertz CT molecular complexity index is 1190. The number of nitrogens with one attached hydrogen (secondary N) is 3. The molecule has 1 saturated heterocycles. The van der Waals surface area contributed by atoms with Crippen molar-refractivity contribution in [2.45, 2.75) is 58.5 Å². The van der Waals surface area contributed by atoms with Gasteiger partial charge in [-0.25, -0.2) is 0 Å². The van der Waals surface area contributed by atoms with Crippen LogP contribution in [-0.4, -0.2) is 64.9 Å². The zero-order chi connectivity index (χ0) is 28.5. The van der Waals surface area contributed by atoms with Crippen LogP contribution in [-0.2, 0) is 25.5 Å². The van der Waals surface area contributed by atoms with Crippen molar-refractivity contribution >= 4 is 35.6 Å². The minimum Gasteiger partial charge on any atom is -0.496 e. The van der Waals surface area contributed by atoms with E-state index < -0.39 is 6.04 Å². The van der Waals surface area contributed by atoms with Crippen molar-refractivity contribution in [3.05, 3.63) is 59.4 Å². The van der Waals surface area contributed by atoms with E-state index in [4.69, 9.17) is 14.6 Å². The number of anilines is 1. The maximum atomic E-state index is 13.6. The van der Waals surface area contributed by atoms with Gasteiger partial charge in [0.2, 0.25) is 11.8 Å². The van der Waals surface area contributed by atoms with Crippen LogP contribution in [0.2, 0.25) is 0 Å². The number of H-pyrrole nitrogens is 1. The number of aromatic amines is 1. The highest BCUT2D eigenvalue weighted by Crippen LogP contribution is 2.28. The number of benzene rings is 1. The molecule has 39 heavy (non-hydrogen) atoms. The highest BCUT2D eigenvalue weighted by atomic mass is 16.5. The SMILES string of the molecule is COC1=CCCc2[nH]c(C(=O)NC(CC(C)C)C(=O)N3CC(C(=O)Nc4ccccc4)CC3C)cc21.O=CO. The minimum atomic E-state index is -0.673. The Kier molecular flexibility index (Phi) is 10.3. The third-order valence-corrected chi connectivity index (χ3v) is 6.93. The summed E-state index contributed by atoms with van der Waals surface area (Å²) < 4.78 is 5.44. The first-order valence-electron chi connectivity index (χ1n) is 13.2. The Morgan fingerprint density at radius 2 is 1.92 bits per heavy atom. The minimum absolute atomic E-state index is 0.0910. The number of carbonyl (C=O) groups is 4. The molecule has 0 radical (unpaired) electrons. The standard InChI is InChI=1S/C28H36N4O4.CH2O2/c1-17(2)13-24(31-27(34)23-15-21-22(30-23)11-8-12-25(21)36-4)28(35)32-16-19(14-18(32)3)26(33)29-20-9-6-5-7-10-20;2-1-3/h5-7,9-10,12,15,17-19,24,30H,8,11,13-14,16H2,1-4H3,(H,29,33)(H,31,34);1H,(H,2,3). The molecule has 10 nitrogen and oxygen atoms in total. The number of hydrogen-bond acceptors (Lipinski definition) is 5. The molecule has 2 aliphatic rings. The lowest BCUT2D eigenvalue weighted by molar-refractivity contribution is -0.134. The van der Waals surface area contributed by atoms with Gasteiger partial charge in [0.15, 0.2) is 0 Å². The van der Waals surface area contributed by atoms with E-state index in [1.165, 1.54) is 0 Å². The predicted molar refractivity (Wildman–Crippen MR) is 148 cm³/mol. The number of rotatable bonds is 8. The van der Waals surface area contributed by atoms with E-state index in [2.05, 4.69) is 15.6 Å². The molecule has 0 saturated carbocycles. The van der Waals surface area contributed by atoms with Crippen LogP contribution in [0.5, 0.6) is 0 Å². The third-order valence-electron chi connectivity index (χ3n) is 6.93. The van der Waals surface area contributed by atoms with E-state index in [0.717, 1.165) is 35.5 Å². The smallest absolute Gasteiger partial charge is 0.290 e. The average Bonchev–Trinajstić information content (AvgIpc) is 3.52. The highest BCUT2D eigenvalue weighted by Gasteiger charge is 2.39. The first kappa shape index (κ1) is 29.5. The van der Waals surface area contributed by atoms with Crippen molar-refractivity contribution in [2.24, 2.45) is 11.8 Å². The molecule has 4 rings (SSSR count). The van der Waals surface area contributed by atoms with Crippen LogP contribution in [0.25, 0.3) is 5.76 Å². The number of nitrogens with zero attached hydrogens (tertiary/aromatic N) is 1. The third kappa shape index (κ3) is 7.49. The number of fused-ring (bicyclic) bond motifs is 1. The van der Waals surface area contributed by atoms with Gasteiger partial charge in [-0.3, -0.25) is 19.2 Å². The molecular weight excluding hydrogens is 500 g/mol. The molecule has 2 aromatic rings. The number of aromatic nitrogens is 1. The van der Waals surface area contributed by atoms with Gasteiger partial charge in [0.1, 0.15) is 17.5 Å². The van der Waals surface area contributed by atoms with Gasteiger partial charge in [-0.15, -0.1) is 0 Å². The number of hydrogen-bond donors (Lipinski definition) is 4. The Labute approximate surface area is 228 Å². The Morgan fingerprint density at radius 1 is 1.23 bits per heavy atom. The molecule has 210 valence electrons. The maximum Gasteiger partial charge on any atom is 0.290 e. The van der Waals surface area contributed by atoms with Crippen molar-refractivity contribution in [3.63, 3.8) is 0 Å². The summed E-state index contributed by atoms with van der Waals surface area (Å²) in [6, 6.07) is 10.3. The van der Waals surface area contributed by atoms with Gasteiger partial charge < -0.3 is 30.4 Å². The van der Waals surface area contributed by atoms with Gasteiger partial charge in [-0.1, -0.05) is 32.0 Å². The summed E-state index contributed by atoms with van der Waals surface area (Å²) in [5.74, 6) is 0.111. The molecule has 0 bridgehead atoms.